The maximum atomic E-state index is 12.4. The molecular formula is C14H17BrN2O2. The van der Waals surface area contributed by atoms with E-state index in [0.29, 0.717) is 15.5 Å². The molecule has 0 radical (unpaired) electrons. The Balaban J connectivity index is 1.74. The Morgan fingerprint density at radius 1 is 1.26 bits per heavy atom. The van der Waals surface area contributed by atoms with E-state index in [1.807, 2.05) is 4.90 Å². The van der Waals surface area contributed by atoms with Gasteiger partial charge in [-0.2, -0.15) is 0 Å². The van der Waals surface area contributed by atoms with Crippen LogP contribution in [0.2, 0.25) is 0 Å². The third-order valence-corrected chi connectivity index (χ3v) is 5.29. The zero-order valence-electron chi connectivity index (χ0n) is 10.7. The van der Waals surface area contributed by atoms with Gasteiger partial charge in [-0.3, -0.25) is 9.59 Å². The summed E-state index contributed by atoms with van der Waals surface area (Å²) in [6.07, 6.45) is 7.74. The second-order valence-corrected chi connectivity index (χ2v) is 6.56. The lowest BCUT2D eigenvalue weighted by Crippen LogP contribution is -2.46. The summed E-state index contributed by atoms with van der Waals surface area (Å²) in [4.78, 5) is 28.2. The first-order valence-electron chi connectivity index (χ1n) is 6.77. The number of halogens is 1. The molecule has 2 heterocycles. The Morgan fingerprint density at radius 3 is 2.53 bits per heavy atom. The quantitative estimate of drug-likeness (QED) is 0.863. The number of piperidine rings is 1. The number of nitrogens with zero attached hydrogens (tertiary/aromatic N) is 1. The van der Waals surface area contributed by atoms with Crippen LogP contribution in [0.4, 0.5) is 0 Å². The highest BCUT2D eigenvalue weighted by atomic mass is 79.9. The van der Waals surface area contributed by atoms with Crippen molar-refractivity contribution in [3.8, 4) is 0 Å². The van der Waals surface area contributed by atoms with Crippen LogP contribution in [0.5, 0.6) is 0 Å². The second kappa shape index (κ2) is 4.78. The fraction of sp³-hybridized carbons (Fsp3) is 0.571. The number of nitrogens with one attached hydrogen (secondary N) is 1. The summed E-state index contributed by atoms with van der Waals surface area (Å²) in [5.74, 6) is -0.0350. The monoisotopic (exact) mass is 324 g/mol. The Hall–Kier alpha value is -1.10. The van der Waals surface area contributed by atoms with Crippen molar-refractivity contribution in [3.63, 3.8) is 0 Å². The van der Waals surface area contributed by atoms with Crippen molar-refractivity contribution in [3.05, 3.63) is 32.7 Å². The molecule has 1 amide bonds. The minimum Gasteiger partial charge on any atom is -0.339 e. The zero-order valence-corrected chi connectivity index (χ0v) is 12.3. The van der Waals surface area contributed by atoms with Crippen molar-refractivity contribution >= 4 is 21.8 Å². The van der Waals surface area contributed by atoms with Gasteiger partial charge in [0.15, 0.2) is 0 Å². The smallest absolute Gasteiger partial charge is 0.255 e. The van der Waals surface area contributed by atoms with Gasteiger partial charge in [0.25, 0.3) is 5.91 Å². The van der Waals surface area contributed by atoms with Gasteiger partial charge in [0, 0.05) is 29.8 Å². The third kappa shape index (κ3) is 2.36. The van der Waals surface area contributed by atoms with Gasteiger partial charge < -0.3 is 9.88 Å². The van der Waals surface area contributed by atoms with Crippen molar-refractivity contribution < 1.29 is 4.79 Å². The van der Waals surface area contributed by atoms with Crippen LogP contribution in [0.1, 0.15) is 42.5 Å². The highest BCUT2D eigenvalue weighted by Gasteiger charge is 2.40. The third-order valence-electron chi connectivity index (χ3n) is 4.63. The predicted octanol–water partition coefficient (Wildman–Crippen LogP) is 2.54. The van der Waals surface area contributed by atoms with Crippen LogP contribution in [0, 0.1) is 5.41 Å². The van der Waals surface area contributed by atoms with Crippen molar-refractivity contribution in [2.24, 2.45) is 5.41 Å². The number of aromatic nitrogens is 1. The first-order valence-corrected chi connectivity index (χ1v) is 7.57. The fourth-order valence-electron chi connectivity index (χ4n) is 3.15. The summed E-state index contributed by atoms with van der Waals surface area (Å²) in [5.41, 5.74) is 0.759. The Bertz CT molecular complexity index is 553. The number of pyridine rings is 1. The molecule has 1 aromatic heterocycles. The summed E-state index contributed by atoms with van der Waals surface area (Å²) < 4.78 is 0.654. The highest BCUT2D eigenvalue weighted by molar-refractivity contribution is 9.10. The standard InChI is InChI=1S/C14H17BrN2O2/c15-11-9-16-12(18)8-10(11)13(19)17-6-4-14(5-7-17)2-1-3-14/h8-9H,1-7H2,(H,16,18). The van der Waals surface area contributed by atoms with Gasteiger partial charge in [0.2, 0.25) is 5.56 Å². The van der Waals surface area contributed by atoms with Gasteiger partial charge in [-0.25, -0.2) is 0 Å². The van der Waals surface area contributed by atoms with Crippen molar-refractivity contribution in [1.29, 1.82) is 0 Å². The number of carbonyl (C=O) groups is 1. The Morgan fingerprint density at radius 2 is 1.95 bits per heavy atom. The first-order chi connectivity index (χ1) is 9.10. The van der Waals surface area contributed by atoms with Crippen LogP contribution in [-0.2, 0) is 0 Å². The molecule has 1 spiro atoms. The van der Waals surface area contributed by atoms with Gasteiger partial charge >= 0.3 is 0 Å². The van der Waals surface area contributed by atoms with Crippen molar-refractivity contribution in [2.45, 2.75) is 32.1 Å². The largest absolute Gasteiger partial charge is 0.339 e. The molecule has 0 bridgehead atoms. The van der Waals surface area contributed by atoms with Crippen LogP contribution in [0.15, 0.2) is 21.5 Å². The molecule has 3 rings (SSSR count). The molecule has 5 heteroatoms. The van der Waals surface area contributed by atoms with E-state index in [1.165, 1.54) is 31.5 Å². The van der Waals surface area contributed by atoms with Gasteiger partial charge in [-0.05, 0) is 47.0 Å². The van der Waals surface area contributed by atoms with Crippen molar-refractivity contribution in [2.75, 3.05) is 13.1 Å². The van der Waals surface area contributed by atoms with E-state index < -0.39 is 0 Å². The molecule has 0 aromatic carbocycles. The molecule has 0 atom stereocenters. The number of amides is 1. The summed E-state index contributed by atoms with van der Waals surface area (Å²) in [6, 6.07) is 1.38. The molecular weight excluding hydrogens is 308 g/mol. The molecule has 1 aliphatic heterocycles. The van der Waals surface area contributed by atoms with Gasteiger partial charge in [0.05, 0.1) is 5.56 Å². The van der Waals surface area contributed by atoms with E-state index in [-0.39, 0.29) is 11.5 Å². The molecule has 1 saturated carbocycles. The van der Waals surface area contributed by atoms with E-state index in [0.717, 1.165) is 25.9 Å². The summed E-state index contributed by atoms with van der Waals surface area (Å²) in [6.45, 7) is 1.64. The Labute approximate surface area is 120 Å². The van der Waals surface area contributed by atoms with E-state index >= 15 is 0 Å². The molecule has 0 unspecified atom stereocenters. The number of rotatable bonds is 1. The van der Waals surface area contributed by atoms with Crippen molar-refractivity contribution in [1.82, 2.24) is 9.88 Å². The first kappa shape index (κ1) is 12.9. The molecule has 19 heavy (non-hydrogen) atoms. The zero-order chi connectivity index (χ0) is 13.5. The molecule has 1 aliphatic carbocycles. The number of aromatic amines is 1. The molecule has 2 aliphatic rings. The lowest BCUT2D eigenvalue weighted by molar-refractivity contribution is 0.0286. The number of hydrogen-bond acceptors (Lipinski definition) is 2. The minimum absolute atomic E-state index is 0.0350. The van der Waals surface area contributed by atoms with E-state index in [1.54, 1.807) is 0 Å². The van der Waals surface area contributed by atoms with Crippen LogP contribution in [0.25, 0.3) is 0 Å². The lowest BCUT2D eigenvalue weighted by Gasteiger charge is -2.48. The maximum absolute atomic E-state index is 12.4. The normalized spacial score (nSPS) is 21.2. The molecule has 1 N–H and O–H groups in total. The van der Waals surface area contributed by atoms with Gasteiger partial charge in [-0.15, -0.1) is 0 Å². The molecule has 1 saturated heterocycles. The molecule has 2 fully saturated rings. The predicted molar refractivity (Wildman–Crippen MR) is 76.2 cm³/mol. The topological polar surface area (TPSA) is 53.2 Å². The number of H-pyrrole nitrogens is 1. The summed E-state index contributed by atoms with van der Waals surface area (Å²) in [7, 11) is 0. The van der Waals surface area contributed by atoms with Crippen LogP contribution < -0.4 is 5.56 Å². The average Bonchev–Trinajstić information content (AvgIpc) is 2.39. The fourth-order valence-corrected chi connectivity index (χ4v) is 3.55. The van der Waals surface area contributed by atoms with Crippen LogP contribution >= 0.6 is 15.9 Å². The molecule has 4 nitrogen and oxygen atoms in total. The van der Waals surface area contributed by atoms with Crippen LogP contribution in [0.3, 0.4) is 0 Å². The minimum atomic E-state index is -0.237. The molecule has 1 aromatic rings. The van der Waals surface area contributed by atoms with Gasteiger partial charge in [0.1, 0.15) is 0 Å². The molecule has 102 valence electrons. The van der Waals surface area contributed by atoms with E-state index in [4.69, 9.17) is 0 Å². The van der Waals surface area contributed by atoms with E-state index in [9.17, 15) is 9.59 Å². The second-order valence-electron chi connectivity index (χ2n) is 5.70. The summed E-state index contributed by atoms with van der Waals surface area (Å²) in [5, 5.41) is 0. The van der Waals surface area contributed by atoms with Crippen LogP contribution in [-0.4, -0.2) is 28.9 Å². The lowest BCUT2D eigenvalue weighted by atomic mass is 9.63. The average molecular weight is 325 g/mol. The number of likely N-dealkylation sites (tertiary alicyclic amines) is 1. The Kier molecular flexibility index (Phi) is 3.25. The number of hydrogen-bond donors (Lipinski definition) is 1. The number of carbonyl (C=O) groups excluding carboxylic acids is 1. The van der Waals surface area contributed by atoms with E-state index in [2.05, 4.69) is 20.9 Å². The highest BCUT2D eigenvalue weighted by Crippen LogP contribution is 2.48. The maximum Gasteiger partial charge on any atom is 0.255 e. The van der Waals surface area contributed by atoms with Gasteiger partial charge in [-0.1, -0.05) is 6.42 Å². The SMILES string of the molecule is O=C(c1cc(=O)[nH]cc1Br)N1CCC2(CCC2)CC1. The summed E-state index contributed by atoms with van der Waals surface area (Å²) >= 11 is 3.33.